The van der Waals surface area contributed by atoms with Crippen molar-refractivity contribution in [1.82, 2.24) is 24.1 Å². The maximum Gasteiger partial charge on any atom is 0.284 e. The number of benzene rings is 1. The number of hydrogen-bond donors (Lipinski definition) is 1. The van der Waals surface area contributed by atoms with Crippen molar-refractivity contribution in [2.24, 2.45) is 0 Å². The minimum Gasteiger partial charge on any atom is -0.368 e. The molecule has 1 fully saturated rings. The minimum atomic E-state index is -0.292. The summed E-state index contributed by atoms with van der Waals surface area (Å²) < 4.78 is 3.09. The van der Waals surface area contributed by atoms with Crippen LogP contribution in [0.2, 0.25) is 5.02 Å². The lowest BCUT2D eigenvalue weighted by molar-refractivity contribution is 0.600. The molecule has 0 aliphatic carbocycles. The van der Waals surface area contributed by atoms with Crippen LogP contribution in [0, 0.1) is 11.3 Å². The van der Waals surface area contributed by atoms with Gasteiger partial charge in [0.2, 0.25) is 5.95 Å². The van der Waals surface area contributed by atoms with Crippen molar-refractivity contribution in [3.63, 3.8) is 0 Å². The van der Waals surface area contributed by atoms with Gasteiger partial charge in [-0.1, -0.05) is 29.8 Å². The van der Waals surface area contributed by atoms with E-state index in [2.05, 4.69) is 16.0 Å². The SMILES string of the molecule is N#Cc1cnc(N)nc1N1CCC[C@H]1c1nn2ccc(Cl)c2c(=O)n1-c1ccccc1. The van der Waals surface area contributed by atoms with Gasteiger partial charge in [-0.3, -0.25) is 9.36 Å². The van der Waals surface area contributed by atoms with Gasteiger partial charge in [-0.25, -0.2) is 9.50 Å². The Morgan fingerprint density at radius 2 is 2.03 bits per heavy atom. The van der Waals surface area contributed by atoms with E-state index >= 15 is 0 Å². The van der Waals surface area contributed by atoms with E-state index in [1.165, 1.54) is 10.7 Å². The van der Waals surface area contributed by atoms with Crippen molar-refractivity contribution >= 4 is 28.9 Å². The summed E-state index contributed by atoms with van der Waals surface area (Å²) in [5.41, 5.74) is 6.86. The van der Waals surface area contributed by atoms with Gasteiger partial charge < -0.3 is 10.6 Å². The number of nitrogens with two attached hydrogens (primary N) is 1. The average molecular weight is 433 g/mol. The molecule has 31 heavy (non-hydrogen) atoms. The molecule has 9 nitrogen and oxygen atoms in total. The monoisotopic (exact) mass is 432 g/mol. The van der Waals surface area contributed by atoms with E-state index in [1.54, 1.807) is 16.8 Å². The second-order valence-corrected chi connectivity index (χ2v) is 7.63. The summed E-state index contributed by atoms with van der Waals surface area (Å²) in [6.07, 6.45) is 4.66. The number of rotatable bonds is 3. The van der Waals surface area contributed by atoms with Crippen LogP contribution in [-0.2, 0) is 0 Å². The molecule has 4 heterocycles. The Hall–Kier alpha value is -3.90. The van der Waals surface area contributed by atoms with Crippen LogP contribution in [0.3, 0.4) is 0 Å². The maximum atomic E-state index is 13.5. The molecule has 1 aliphatic heterocycles. The van der Waals surface area contributed by atoms with Crippen LogP contribution in [-0.4, -0.2) is 30.7 Å². The summed E-state index contributed by atoms with van der Waals surface area (Å²) >= 11 is 6.28. The number of anilines is 2. The van der Waals surface area contributed by atoms with Crippen molar-refractivity contribution in [3.05, 3.63) is 75.6 Å². The molecule has 2 N–H and O–H groups in total. The molecule has 1 aliphatic rings. The van der Waals surface area contributed by atoms with Gasteiger partial charge in [-0.15, -0.1) is 0 Å². The van der Waals surface area contributed by atoms with Gasteiger partial charge >= 0.3 is 0 Å². The molecule has 0 spiro atoms. The number of nitrogens with zero attached hydrogens (tertiary/aromatic N) is 7. The average Bonchev–Trinajstić information content (AvgIpc) is 3.41. The highest BCUT2D eigenvalue weighted by atomic mass is 35.5. The largest absolute Gasteiger partial charge is 0.368 e. The molecule has 1 aromatic carbocycles. The second kappa shape index (κ2) is 7.41. The number of para-hydroxylation sites is 1. The van der Waals surface area contributed by atoms with Crippen molar-refractivity contribution in [3.8, 4) is 11.8 Å². The molecule has 0 saturated carbocycles. The fourth-order valence-electron chi connectivity index (χ4n) is 4.06. The molecule has 0 amide bonds. The van der Waals surface area contributed by atoms with Crippen molar-refractivity contribution in [2.45, 2.75) is 18.9 Å². The molecule has 1 atom stereocenters. The van der Waals surface area contributed by atoms with E-state index in [4.69, 9.17) is 22.4 Å². The first kappa shape index (κ1) is 19.1. The van der Waals surface area contributed by atoms with Crippen LogP contribution in [0.25, 0.3) is 11.2 Å². The number of fused-ring (bicyclic) bond motifs is 1. The lowest BCUT2D eigenvalue weighted by atomic mass is 10.1. The zero-order chi connectivity index (χ0) is 21.5. The van der Waals surface area contributed by atoms with Gasteiger partial charge in [0.05, 0.1) is 22.9 Å². The van der Waals surface area contributed by atoms with Crippen LogP contribution in [0.1, 0.15) is 30.3 Å². The fraction of sp³-hybridized carbons (Fsp3) is 0.190. The predicted octanol–water partition coefficient (Wildman–Crippen LogP) is 2.72. The van der Waals surface area contributed by atoms with Gasteiger partial charge in [0, 0.05) is 12.7 Å². The van der Waals surface area contributed by atoms with Gasteiger partial charge in [0.25, 0.3) is 5.56 Å². The van der Waals surface area contributed by atoms with Gasteiger partial charge in [0.1, 0.15) is 17.1 Å². The van der Waals surface area contributed by atoms with E-state index in [0.29, 0.717) is 40.0 Å². The van der Waals surface area contributed by atoms with Crippen LogP contribution in [0.4, 0.5) is 11.8 Å². The van der Waals surface area contributed by atoms with Gasteiger partial charge in [-0.05, 0) is 31.0 Å². The Labute approximate surface area is 181 Å². The topological polar surface area (TPSA) is 118 Å². The number of nitriles is 1. The first-order valence-electron chi connectivity index (χ1n) is 9.73. The molecule has 0 unspecified atom stereocenters. The molecule has 5 rings (SSSR count). The predicted molar refractivity (Wildman–Crippen MR) is 116 cm³/mol. The van der Waals surface area contributed by atoms with Crippen LogP contribution in [0.15, 0.2) is 53.6 Å². The third-order valence-electron chi connectivity index (χ3n) is 5.41. The summed E-state index contributed by atoms with van der Waals surface area (Å²) in [5, 5.41) is 14.7. The highest BCUT2D eigenvalue weighted by Crippen LogP contribution is 2.36. The number of aromatic nitrogens is 5. The van der Waals surface area contributed by atoms with Gasteiger partial charge in [0.15, 0.2) is 11.6 Å². The van der Waals surface area contributed by atoms with E-state index in [0.717, 1.165) is 12.8 Å². The van der Waals surface area contributed by atoms with Crippen LogP contribution < -0.4 is 16.2 Å². The van der Waals surface area contributed by atoms with E-state index in [9.17, 15) is 10.1 Å². The molecular formula is C21H17ClN8O. The minimum absolute atomic E-state index is 0.0840. The van der Waals surface area contributed by atoms with E-state index < -0.39 is 0 Å². The molecule has 0 bridgehead atoms. The molecular weight excluding hydrogens is 416 g/mol. The Bertz CT molecular complexity index is 1390. The Morgan fingerprint density at radius 3 is 2.81 bits per heavy atom. The highest BCUT2D eigenvalue weighted by Gasteiger charge is 2.34. The Kier molecular flexibility index (Phi) is 4.56. The van der Waals surface area contributed by atoms with E-state index in [1.807, 2.05) is 35.2 Å². The summed E-state index contributed by atoms with van der Waals surface area (Å²) in [7, 11) is 0. The molecule has 0 radical (unpaired) electrons. The summed E-state index contributed by atoms with van der Waals surface area (Å²) in [5.74, 6) is 1.06. The lowest BCUT2D eigenvalue weighted by Gasteiger charge is -2.27. The fourth-order valence-corrected chi connectivity index (χ4v) is 4.29. The zero-order valence-corrected chi connectivity index (χ0v) is 17.1. The van der Waals surface area contributed by atoms with Crippen LogP contribution >= 0.6 is 11.6 Å². The molecule has 154 valence electrons. The lowest BCUT2D eigenvalue weighted by Crippen LogP contribution is -2.33. The quantitative estimate of drug-likeness (QED) is 0.528. The summed E-state index contributed by atoms with van der Waals surface area (Å²) in [6.45, 7) is 0.644. The molecule has 10 heteroatoms. The summed E-state index contributed by atoms with van der Waals surface area (Å²) in [6, 6.07) is 12.8. The van der Waals surface area contributed by atoms with Gasteiger partial charge in [-0.2, -0.15) is 15.3 Å². The molecule has 3 aromatic heterocycles. The third kappa shape index (κ3) is 3.08. The van der Waals surface area contributed by atoms with Crippen molar-refractivity contribution in [1.29, 1.82) is 5.26 Å². The number of halogens is 1. The van der Waals surface area contributed by atoms with E-state index in [-0.39, 0.29) is 17.5 Å². The van der Waals surface area contributed by atoms with Crippen molar-refractivity contribution in [2.75, 3.05) is 17.2 Å². The molecule has 4 aromatic rings. The number of hydrogen-bond acceptors (Lipinski definition) is 7. The Morgan fingerprint density at radius 1 is 1.23 bits per heavy atom. The smallest absolute Gasteiger partial charge is 0.284 e. The van der Waals surface area contributed by atoms with Crippen molar-refractivity contribution < 1.29 is 0 Å². The van der Waals surface area contributed by atoms with Crippen LogP contribution in [0.5, 0.6) is 0 Å². The third-order valence-corrected chi connectivity index (χ3v) is 5.71. The standard InChI is InChI=1S/C21H17ClN8O/c22-15-8-10-29-17(15)20(31)30(14-5-2-1-3-6-14)19(27-29)16-7-4-9-28(16)18-13(11-23)12-25-21(24)26-18/h1-3,5-6,8,10,12,16H,4,7,9H2,(H2,24,25,26)/t16-/m0/s1. The number of nitrogen functional groups attached to an aromatic ring is 1. The highest BCUT2D eigenvalue weighted by molar-refractivity contribution is 6.33. The zero-order valence-electron chi connectivity index (χ0n) is 16.3. The second-order valence-electron chi connectivity index (χ2n) is 7.22. The first-order chi connectivity index (χ1) is 15.1. The normalized spacial score (nSPS) is 16.0. The molecule has 1 saturated heterocycles. The Balaban J connectivity index is 1.76. The maximum absolute atomic E-state index is 13.5. The summed E-state index contributed by atoms with van der Waals surface area (Å²) in [4.78, 5) is 23.7. The first-order valence-corrected chi connectivity index (χ1v) is 10.1.